The third kappa shape index (κ3) is 10.5. The molecule has 0 amide bonds. The third-order valence-electron chi connectivity index (χ3n) is 21.0. The lowest BCUT2D eigenvalue weighted by molar-refractivity contribution is 0.591. The van der Waals surface area contributed by atoms with Crippen LogP contribution in [0.1, 0.15) is 52.7 Å². The minimum Gasteiger partial charge on any atom is -0.311 e. The zero-order chi connectivity index (χ0) is 67.4. The summed E-state index contributed by atoms with van der Waals surface area (Å²) in [7, 11) is 0. The smallest absolute Gasteiger partial charge is 0.252 e. The Morgan fingerprint density at radius 3 is 1.10 bits per heavy atom. The van der Waals surface area contributed by atoms with E-state index in [1.165, 1.54) is 110 Å². The highest BCUT2D eigenvalue weighted by atomic mass is 15.2. The first kappa shape index (κ1) is 60.4. The average molecular weight is 1280 g/mol. The Morgan fingerprint density at radius 1 is 0.260 bits per heavy atom. The van der Waals surface area contributed by atoms with Crippen LogP contribution in [-0.4, -0.2) is 6.71 Å². The van der Waals surface area contributed by atoms with Crippen LogP contribution >= 0.6 is 0 Å². The van der Waals surface area contributed by atoms with Gasteiger partial charge in [-0.2, -0.15) is 0 Å². The normalized spacial score (nSPS) is 12.6. The Bertz CT molecular complexity index is 5660. The van der Waals surface area contributed by atoms with Crippen molar-refractivity contribution < 1.29 is 0 Å². The van der Waals surface area contributed by atoms with E-state index in [-0.39, 0.29) is 17.5 Å². The quantitative estimate of drug-likeness (QED) is 0.0944. The van der Waals surface area contributed by atoms with E-state index in [1.54, 1.807) is 0 Å². The highest BCUT2D eigenvalue weighted by Crippen LogP contribution is 2.51. The van der Waals surface area contributed by atoms with Gasteiger partial charge in [0.15, 0.2) is 0 Å². The molecule has 0 spiro atoms. The Hall–Kier alpha value is -12.0. The molecule has 16 aromatic rings. The molecule has 2 aliphatic rings. The van der Waals surface area contributed by atoms with Crippen molar-refractivity contribution in [2.24, 2.45) is 0 Å². The number of benzene rings is 16. The molecule has 4 heteroatoms. The molecule has 0 saturated carbocycles. The summed E-state index contributed by atoms with van der Waals surface area (Å²) in [6.07, 6.45) is 0. The van der Waals surface area contributed by atoms with E-state index in [1.807, 2.05) is 0 Å². The van der Waals surface area contributed by atoms with Crippen LogP contribution < -0.4 is 31.1 Å². The van der Waals surface area contributed by atoms with Gasteiger partial charge in [0.2, 0.25) is 0 Å². The van der Waals surface area contributed by atoms with Crippen LogP contribution in [0.2, 0.25) is 0 Å². The maximum Gasteiger partial charge on any atom is 0.252 e. The van der Waals surface area contributed by atoms with Crippen molar-refractivity contribution in [1.82, 2.24) is 0 Å². The van der Waals surface area contributed by atoms with E-state index in [0.717, 1.165) is 67.9 Å². The molecular formula is C96H74BN3. The fourth-order valence-corrected chi connectivity index (χ4v) is 15.9. The second-order valence-electron chi connectivity index (χ2n) is 29.3. The van der Waals surface area contributed by atoms with Crippen LogP contribution in [0.3, 0.4) is 0 Å². The number of fused-ring (bicyclic) bond motifs is 4. The van der Waals surface area contributed by atoms with Gasteiger partial charge in [0.25, 0.3) is 6.71 Å². The number of nitrogens with zero attached hydrogens (tertiary/aromatic N) is 3. The molecule has 0 N–H and O–H groups in total. The molecule has 100 heavy (non-hydrogen) atoms. The predicted molar refractivity (Wildman–Crippen MR) is 429 cm³/mol. The number of rotatable bonds is 11. The van der Waals surface area contributed by atoms with Crippen LogP contribution in [-0.2, 0) is 10.8 Å². The first-order valence-electron chi connectivity index (χ1n) is 35.1. The Kier molecular flexibility index (Phi) is 14.5. The van der Waals surface area contributed by atoms with Crippen LogP contribution in [0.4, 0.5) is 51.2 Å². The van der Waals surface area contributed by atoms with Crippen LogP contribution in [0.15, 0.2) is 340 Å². The Balaban J connectivity index is 0.939. The lowest BCUT2D eigenvalue weighted by atomic mass is 9.33. The maximum atomic E-state index is 2.58. The second-order valence-corrected chi connectivity index (χ2v) is 29.3. The van der Waals surface area contributed by atoms with Crippen LogP contribution in [0.25, 0.3) is 99.1 Å². The van der Waals surface area contributed by atoms with Gasteiger partial charge in [-0.15, -0.1) is 0 Å². The summed E-state index contributed by atoms with van der Waals surface area (Å²) in [5.41, 5.74) is 30.2. The summed E-state index contributed by atoms with van der Waals surface area (Å²) in [6.45, 7) is 13.9. The van der Waals surface area contributed by atoms with Gasteiger partial charge in [0.05, 0.1) is 5.69 Å². The van der Waals surface area contributed by atoms with Crippen LogP contribution in [0.5, 0.6) is 0 Å². The average Bonchev–Trinajstić information content (AvgIpc) is 0.708. The van der Waals surface area contributed by atoms with E-state index < -0.39 is 0 Å². The lowest BCUT2D eigenvalue weighted by Gasteiger charge is -2.45. The van der Waals surface area contributed by atoms with Crippen molar-refractivity contribution in [3.8, 4) is 66.8 Å². The van der Waals surface area contributed by atoms with Crippen molar-refractivity contribution in [2.45, 2.75) is 52.4 Å². The Labute approximate surface area is 587 Å². The fourth-order valence-electron chi connectivity index (χ4n) is 15.9. The largest absolute Gasteiger partial charge is 0.311 e. The lowest BCUT2D eigenvalue weighted by Crippen LogP contribution is -2.61. The van der Waals surface area contributed by atoms with Gasteiger partial charge in [-0.3, -0.25) is 0 Å². The highest BCUT2D eigenvalue weighted by Gasteiger charge is 2.45. The van der Waals surface area contributed by atoms with E-state index in [9.17, 15) is 0 Å². The summed E-state index contributed by atoms with van der Waals surface area (Å²) < 4.78 is 0. The molecule has 0 unspecified atom stereocenters. The van der Waals surface area contributed by atoms with Crippen molar-refractivity contribution in [2.75, 3.05) is 14.7 Å². The summed E-state index contributed by atoms with van der Waals surface area (Å²) in [5, 5.41) is 7.80. The van der Waals surface area contributed by atoms with Crippen molar-refractivity contribution in [3.63, 3.8) is 0 Å². The zero-order valence-electron chi connectivity index (χ0n) is 57.3. The molecule has 3 nitrogen and oxygen atoms in total. The summed E-state index contributed by atoms with van der Waals surface area (Å²) in [6, 6.07) is 128. The minimum absolute atomic E-state index is 0.0485. The summed E-state index contributed by atoms with van der Waals surface area (Å²) >= 11 is 0. The van der Waals surface area contributed by atoms with E-state index in [2.05, 4.69) is 396 Å². The molecule has 0 fully saturated rings. The van der Waals surface area contributed by atoms with Crippen molar-refractivity contribution >= 4 is 107 Å². The predicted octanol–water partition coefficient (Wildman–Crippen LogP) is 24.7. The SMILES string of the molecule is CC(C)(C)c1cc2ccc3cc(C(C)(C)C)cc4c(-c5ccc6c(c5)B5c7ccc(-c8ccccc8)cc7N(c7ccc(-c8ccccc8)cc7)c7cc(N(c8ccc(-c9ccccc9)cc8)c8ccc(-c9ccccc9)cc8)cc(c75)N6c5ccc(-c6ccccc6)cc5)cc(c1)c2c34. The second kappa shape index (κ2) is 23.9. The molecule has 0 saturated heterocycles. The van der Waals surface area contributed by atoms with Gasteiger partial charge in [-0.05, 0) is 222 Å². The summed E-state index contributed by atoms with van der Waals surface area (Å²) in [4.78, 5) is 7.64. The molecule has 0 atom stereocenters. The molecule has 2 heterocycles. The first-order valence-corrected chi connectivity index (χ1v) is 35.1. The molecule has 0 aliphatic carbocycles. The van der Waals surface area contributed by atoms with E-state index in [4.69, 9.17) is 0 Å². The number of hydrogen-bond donors (Lipinski definition) is 0. The zero-order valence-corrected chi connectivity index (χ0v) is 57.3. The molecule has 0 radical (unpaired) electrons. The van der Waals surface area contributed by atoms with Crippen molar-refractivity contribution in [3.05, 3.63) is 351 Å². The standard InChI is InChI=1S/C96H74BN3/c1-95(2,3)77-54-74-32-33-75-55-78(96(4,5)6)60-85-84(57-76(56-77)92(74)93(75)85)73-43-53-88-87(58-73)97-86-52-42-72(67-30-20-11-21-31-67)59-89(86)100(82-50-40-71(41-51-82)66-28-18-10-19-29-66)91-62-83(61-90(94(91)97)99(88)81-48-38-70(39-49-81)65-26-16-9-17-27-65)98(79-44-34-68(35-45-79)63-22-12-7-13-23-63)80-46-36-69(37-47-80)64-24-14-8-15-25-64/h7-62H,1-6H3. The molecule has 2 aliphatic heterocycles. The molecule has 16 aromatic carbocycles. The molecule has 476 valence electrons. The number of anilines is 9. The molecule has 0 bridgehead atoms. The van der Waals surface area contributed by atoms with E-state index >= 15 is 0 Å². The minimum atomic E-state index is -0.203. The van der Waals surface area contributed by atoms with Crippen LogP contribution in [0, 0.1) is 0 Å². The third-order valence-corrected chi connectivity index (χ3v) is 21.0. The van der Waals surface area contributed by atoms with E-state index in [0.29, 0.717) is 0 Å². The fraction of sp³-hybridized carbons (Fsp3) is 0.0833. The molecule has 0 aromatic heterocycles. The summed E-state index contributed by atoms with van der Waals surface area (Å²) in [5.74, 6) is 0. The molecular weight excluding hydrogens is 1210 g/mol. The number of hydrogen-bond acceptors (Lipinski definition) is 3. The van der Waals surface area contributed by atoms with Gasteiger partial charge < -0.3 is 14.7 Å². The maximum absolute atomic E-state index is 2.58. The Morgan fingerprint density at radius 2 is 0.640 bits per heavy atom. The van der Waals surface area contributed by atoms with Crippen molar-refractivity contribution in [1.29, 1.82) is 0 Å². The monoisotopic (exact) mass is 1280 g/mol. The van der Waals surface area contributed by atoms with Gasteiger partial charge >= 0.3 is 0 Å². The molecule has 18 rings (SSSR count). The van der Waals surface area contributed by atoms with Gasteiger partial charge in [0.1, 0.15) is 0 Å². The first-order chi connectivity index (χ1) is 48.8. The van der Waals surface area contributed by atoms with Gasteiger partial charge in [-0.25, -0.2) is 0 Å². The topological polar surface area (TPSA) is 9.72 Å². The van der Waals surface area contributed by atoms with Gasteiger partial charge in [0, 0.05) is 45.5 Å². The highest BCUT2D eigenvalue weighted by molar-refractivity contribution is 7.00. The van der Waals surface area contributed by atoms with Gasteiger partial charge in [-0.1, -0.05) is 296 Å².